The highest BCUT2D eigenvalue weighted by Gasteiger charge is 2.19. The Morgan fingerprint density at radius 3 is 3.07 bits per heavy atom. The lowest BCUT2D eigenvalue weighted by Crippen LogP contribution is -2.27. The molecule has 3 rings (SSSR count). The van der Waals surface area contributed by atoms with E-state index in [0.29, 0.717) is 5.49 Å². The molecule has 0 saturated carbocycles. The maximum atomic E-state index is 8.09. The Bertz CT molecular complexity index is 432. The third-order valence-corrected chi connectivity index (χ3v) is 3.11. The van der Waals surface area contributed by atoms with Crippen LogP contribution in [0, 0.1) is 5.41 Å². The Morgan fingerprint density at radius 2 is 2.14 bits per heavy atom. The molecule has 0 spiro atoms. The van der Waals surface area contributed by atoms with Gasteiger partial charge in [-0.15, -0.1) is 0 Å². The van der Waals surface area contributed by atoms with Gasteiger partial charge in [0.25, 0.3) is 0 Å². The van der Waals surface area contributed by atoms with Crippen LogP contribution in [0.15, 0.2) is 0 Å². The molecule has 0 bridgehead atoms. The minimum atomic E-state index is 0.690. The predicted molar refractivity (Wildman–Crippen MR) is 53.2 cm³/mol. The molecule has 74 valence electrons. The van der Waals surface area contributed by atoms with Gasteiger partial charge in [0.15, 0.2) is 0 Å². The van der Waals surface area contributed by atoms with Crippen molar-refractivity contribution in [2.45, 2.75) is 32.2 Å². The molecule has 1 aromatic heterocycles. The third-order valence-electron chi connectivity index (χ3n) is 3.11. The van der Waals surface area contributed by atoms with Crippen molar-refractivity contribution in [3.63, 3.8) is 0 Å². The summed E-state index contributed by atoms with van der Waals surface area (Å²) in [5, 5.41) is 11.3. The van der Waals surface area contributed by atoms with Crippen LogP contribution in [0.2, 0.25) is 0 Å². The highest BCUT2D eigenvalue weighted by Crippen LogP contribution is 2.19. The normalized spacial score (nSPS) is 18.6. The van der Waals surface area contributed by atoms with Gasteiger partial charge in [-0.1, -0.05) is 0 Å². The maximum Gasteiger partial charge on any atom is 0.204 e. The minimum absolute atomic E-state index is 0.690. The molecule has 2 N–H and O–H groups in total. The van der Waals surface area contributed by atoms with E-state index in [2.05, 4.69) is 10.3 Å². The van der Waals surface area contributed by atoms with Crippen molar-refractivity contribution in [2.75, 3.05) is 11.9 Å². The molecule has 0 amide bonds. The summed E-state index contributed by atoms with van der Waals surface area (Å²) in [4.78, 5) is 4.59. The standard InChI is InChI=1S/C10H14N4/c11-9-7-3-1-2-4-8(7)13-10-12-5-6-14(9)10/h11H,1-6H2,(H,12,13). The van der Waals surface area contributed by atoms with Gasteiger partial charge in [-0.05, 0) is 25.7 Å². The molecule has 1 aliphatic heterocycles. The number of hydrogen-bond acceptors (Lipinski definition) is 3. The summed E-state index contributed by atoms with van der Waals surface area (Å²) in [6.07, 6.45) is 4.54. The fourth-order valence-corrected chi connectivity index (χ4v) is 2.36. The molecule has 0 aromatic carbocycles. The fourth-order valence-electron chi connectivity index (χ4n) is 2.36. The lowest BCUT2D eigenvalue weighted by atomic mass is 9.97. The van der Waals surface area contributed by atoms with E-state index in [-0.39, 0.29) is 0 Å². The van der Waals surface area contributed by atoms with Crippen molar-refractivity contribution in [1.29, 1.82) is 5.41 Å². The Kier molecular flexibility index (Phi) is 1.63. The van der Waals surface area contributed by atoms with E-state index in [1.165, 1.54) is 18.4 Å². The Morgan fingerprint density at radius 1 is 1.29 bits per heavy atom. The highest BCUT2D eigenvalue weighted by atomic mass is 15.3. The number of rotatable bonds is 0. The van der Waals surface area contributed by atoms with Gasteiger partial charge in [0.2, 0.25) is 5.95 Å². The lowest BCUT2D eigenvalue weighted by Gasteiger charge is -2.16. The summed E-state index contributed by atoms with van der Waals surface area (Å²) in [5.74, 6) is 0.899. The lowest BCUT2D eigenvalue weighted by molar-refractivity contribution is 0.624. The first kappa shape index (κ1) is 8.03. The van der Waals surface area contributed by atoms with Crippen molar-refractivity contribution >= 4 is 5.95 Å². The maximum absolute atomic E-state index is 8.09. The third kappa shape index (κ3) is 0.997. The van der Waals surface area contributed by atoms with Crippen molar-refractivity contribution in [1.82, 2.24) is 9.55 Å². The molecule has 0 fully saturated rings. The van der Waals surface area contributed by atoms with Gasteiger partial charge in [0.1, 0.15) is 5.49 Å². The molecule has 0 atom stereocenters. The highest BCUT2D eigenvalue weighted by molar-refractivity contribution is 5.35. The quantitative estimate of drug-likeness (QED) is 0.631. The number of anilines is 1. The van der Waals surface area contributed by atoms with E-state index >= 15 is 0 Å². The zero-order valence-electron chi connectivity index (χ0n) is 8.14. The van der Waals surface area contributed by atoms with E-state index in [1.54, 1.807) is 0 Å². The predicted octanol–water partition coefficient (Wildman–Crippen LogP) is 0.667. The van der Waals surface area contributed by atoms with Crippen LogP contribution < -0.4 is 10.8 Å². The molecule has 1 aliphatic carbocycles. The first-order chi connectivity index (χ1) is 6.86. The Labute approximate surface area is 82.5 Å². The SMILES string of the molecule is N=c1c2c(nc3n1CCN3)CCCC2. The van der Waals surface area contributed by atoms with Gasteiger partial charge >= 0.3 is 0 Å². The molecule has 4 heteroatoms. The molecule has 0 saturated heterocycles. The van der Waals surface area contributed by atoms with Crippen LogP contribution in [0.5, 0.6) is 0 Å². The number of hydrogen-bond donors (Lipinski definition) is 2. The monoisotopic (exact) mass is 190 g/mol. The van der Waals surface area contributed by atoms with Crippen LogP contribution in [0.3, 0.4) is 0 Å². The molecule has 0 unspecified atom stereocenters. The van der Waals surface area contributed by atoms with Crippen LogP contribution in [0.1, 0.15) is 24.1 Å². The van der Waals surface area contributed by atoms with E-state index in [0.717, 1.165) is 37.6 Å². The molecular weight excluding hydrogens is 176 g/mol. The number of aryl methyl sites for hydroxylation is 1. The topological polar surface area (TPSA) is 53.7 Å². The van der Waals surface area contributed by atoms with E-state index in [1.807, 2.05) is 4.57 Å². The summed E-state index contributed by atoms with van der Waals surface area (Å²) in [7, 11) is 0. The van der Waals surface area contributed by atoms with E-state index in [9.17, 15) is 0 Å². The van der Waals surface area contributed by atoms with Gasteiger partial charge in [0.05, 0.1) is 5.69 Å². The Balaban J connectivity index is 2.25. The summed E-state index contributed by atoms with van der Waals surface area (Å²) >= 11 is 0. The minimum Gasteiger partial charge on any atom is -0.354 e. The second-order valence-electron chi connectivity index (χ2n) is 3.99. The smallest absolute Gasteiger partial charge is 0.204 e. The van der Waals surface area contributed by atoms with Crippen LogP contribution in [0.25, 0.3) is 0 Å². The molecule has 2 heterocycles. The second kappa shape index (κ2) is 2.83. The van der Waals surface area contributed by atoms with Gasteiger partial charge in [-0.3, -0.25) is 9.98 Å². The fraction of sp³-hybridized carbons (Fsp3) is 0.600. The van der Waals surface area contributed by atoms with Crippen molar-refractivity contribution in [3.8, 4) is 0 Å². The van der Waals surface area contributed by atoms with Gasteiger partial charge < -0.3 is 5.32 Å². The van der Waals surface area contributed by atoms with E-state index in [4.69, 9.17) is 5.41 Å². The summed E-state index contributed by atoms with van der Waals surface area (Å²) in [5.41, 5.74) is 3.03. The van der Waals surface area contributed by atoms with Crippen LogP contribution >= 0.6 is 0 Å². The van der Waals surface area contributed by atoms with Crippen LogP contribution in [0.4, 0.5) is 5.95 Å². The Hall–Kier alpha value is -1.32. The average Bonchev–Trinajstić information content (AvgIpc) is 2.66. The first-order valence-corrected chi connectivity index (χ1v) is 5.27. The number of nitrogens with one attached hydrogen (secondary N) is 2. The zero-order chi connectivity index (χ0) is 9.54. The summed E-state index contributed by atoms with van der Waals surface area (Å²) in [6, 6.07) is 0. The largest absolute Gasteiger partial charge is 0.354 e. The molecular formula is C10H14N4. The van der Waals surface area contributed by atoms with Crippen molar-refractivity contribution < 1.29 is 0 Å². The van der Waals surface area contributed by atoms with Crippen LogP contribution in [-0.4, -0.2) is 16.1 Å². The molecule has 14 heavy (non-hydrogen) atoms. The molecule has 1 aromatic rings. The molecule has 0 radical (unpaired) electrons. The molecule has 2 aliphatic rings. The number of fused-ring (bicyclic) bond motifs is 2. The zero-order valence-corrected chi connectivity index (χ0v) is 8.14. The van der Waals surface area contributed by atoms with Crippen molar-refractivity contribution in [2.24, 2.45) is 0 Å². The number of nitrogens with zero attached hydrogens (tertiary/aromatic N) is 2. The first-order valence-electron chi connectivity index (χ1n) is 5.27. The molecule has 4 nitrogen and oxygen atoms in total. The second-order valence-corrected chi connectivity index (χ2v) is 3.99. The summed E-state index contributed by atoms with van der Waals surface area (Å²) in [6.45, 7) is 1.82. The number of aromatic nitrogens is 2. The van der Waals surface area contributed by atoms with E-state index < -0.39 is 0 Å². The van der Waals surface area contributed by atoms with Gasteiger partial charge in [-0.2, -0.15) is 0 Å². The average molecular weight is 190 g/mol. The van der Waals surface area contributed by atoms with Crippen molar-refractivity contribution in [3.05, 3.63) is 16.7 Å². The summed E-state index contributed by atoms with van der Waals surface area (Å²) < 4.78 is 1.99. The van der Waals surface area contributed by atoms with Gasteiger partial charge in [0, 0.05) is 18.7 Å². The van der Waals surface area contributed by atoms with Crippen LogP contribution in [-0.2, 0) is 19.4 Å². The van der Waals surface area contributed by atoms with Gasteiger partial charge in [-0.25, -0.2) is 4.98 Å².